The highest BCUT2D eigenvalue weighted by Gasteiger charge is 2.62. The molecular weight excluding hydrogens is 228 g/mol. The van der Waals surface area contributed by atoms with E-state index in [1.54, 1.807) is 0 Å². The average molecular weight is 252 g/mol. The van der Waals surface area contributed by atoms with Gasteiger partial charge in [-0.1, -0.05) is 6.92 Å². The van der Waals surface area contributed by atoms with Crippen LogP contribution < -0.4 is 0 Å². The summed E-state index contributed by atoms with van der Waals surface area (Å²) in [5.41, 5.74) is -0.851. The van der Waals surface area contributed by atoms with Gasteiger partial charge in [-0.2, -0.15) is 0 Å². The summed E-state index contributed by atoms with van der Waals surface area (Å²) >= 11 is 0. The molecule has 0 aromatic rings. The Morgan fingerprint density at radius 1 is 1.28 bits per heavy atom. The van der Waals surface area contributed by atoms with E-state index in [9.17, 15) is 9.90 Å². The molecule has 3 heteroatoms. The van der Waals surface area contributed by atoms with E-state index < -0.39 is 5.60 Å². The van der Waals surface area contributed by atoms with Gasteiger partial charge in [0.05, 0.1) is 17.3 Å². The molecule has 1 N–H and O–H groups in total. The number of fused-ring (bicyclic) bond motifs is 2. The molecule has 4 fully saturated rings. The van der Waals surface area contributed by atoms with Crippen molar-refractivity contribution in [3.8, 4) is 0 Å². The van der Waals surface area contributed by atoms with Crippen LogP contribution in [0.2, 0.25) is 0 Å². The van der Waals surface area contributed by atoms with Gasteiger partial charge in [0, 0.05) is 18.3 Å². The summed E-state index contributed by atoms with van der Waals surface area (Å²) in [6.45, 7) is 8.31. The quantitative estimate of drug-likeness (QED) is 0.718. The molecule has 1 unspecified atom stereocenters. The standard InChI is InChI=1S/C15H24O3/c1-8-5-11(16)13-9(8)6-10-12(17)7-15(13,4)18-14(10,2)3/h8-11,13,16H,5-7H2,1-4H3/t8-,9-,10+,11?,13-,15+/m1/s1. The first-order valence-corrected chi connectivity index (χ1v) is 7.15. The molecule has 0 amide bonds. The second kappa shape index (κ2) is 3.57. The number of aliphatic hydroxyl groups is 1. The number of carbonyl (C=O) groups excluding carboxylic acids is 1. The molecule has 0 spiro atoms. The maximum Gasteiger partial charge on any atom is 0.141 e. The van der Waals surface area contributed by atoms with Crippen LogP contribution in [0.3, 0.4) is 0 Å². The van der Waals surface area contributed by atoms with Crippen LogP contribution in [0, 0.1) is 23.7 Å². The van der Waals surface area contributed by atoms with Crippen LogP contribution in [-0.2, 0) is 9.53 Å². The van der Waals surface area contributed by atoms with Crippen LogP contribution in [0.15, 0.2) is 0 Å². The normalized spacial score (nSPS) is 54.3. The Balaban J connectivity index is 2.08. The van der Waals surface area contributed by atoms with Crippen molar-refractivity contribution in [2.45, 2.75) is 64.3 Å². The van der Waals surface area contributed by atoms with Crippen molar-refractivity contribution in [3.63, 3.8) is 0 Å². The zero-order valence-corrected chi connectivity index (χ0v) is 11.8. The molecule has 0 aromatic heterocycles. The van der Waals surface area contributed by atoms with Crippen LogP contribution in [0.5, 0.6) is 0 Å². The Morgan fingerprint density at radius 3 is 2.56 bits per heavy atom. The first-order valence-electron chi connectivity index (χ1n) is 7.15. The molecule has 2 saturated heterocycles. The number of Topliss-reactive ketones (excluding diaryl/α,β-unsaturated/α-hetero) is 1. The lowest BCUT2D eigenvalue weighted by molar-refractivity contribution is -0.206. The molecule has 2 aliphatic carbocycles. The van der Waals surface area contributed by atoms with Gasteiger partial charge in [-0.15, -0.1) is 0 Å². The molecule has 2 bridgehead atoms. The van der Waals surface area contributed by atoms with Crippen LogP contribution in [0.25, 0.3) is 0 Å². The number of ether oxygens (including phenoxy) is 1. The summed E-state index contributed by atoms with van der Waals surface area (Å²) in [4.78, 5) is 12.4. The van der Waals surface area contributed by atoms with E-state index >= 15 is 0 Å². The predicted octanol–water partition coefficient (Wildman–Crippen LogP) is 2.17. The molecular formula is C15H24O3. The van der Waals surface area contributed by atoms with E-state index in [1.165, 1.54) is 0 Å². The van der Waals surface area contributed by atoms with E-state index in [1.807, 2.05) is 20.8 Å². The van der Waals surface area contributed by atoms with Gasteiger partial charge in [0.2, 0.25) is 0 Å². The first kappa shape index (κ1) is 12.6. The minimum Gasteiger partial charge on any atom is -0.393 e. The predicted molar refractivity (Wildman–Crippen MR) is 68.1 cm³/mol. The lowest BCUT2D eigenvalue weighted by atomic mass is 9.77. The fourth-order valence-electron chi connectivity index (χ4n) is 5.02. The number of hydrogen-bond acceptors (Lipinski definition) is 3. The SMILES string of the molecule is C[C@@H]1CC(O)[C@H]2[C@@H]1C[C@H]1C(=O)C[C@]2(C)OC1(C)C. The summed E-state index contributed by atoms with van der Waals surface area (Å²) in [5, 5.41) is 10.4. The van der Waals surface area contributed by atoms with Crippen molar-refractivity contribution in [2.24, 2.45) is 23.7 Å². The average Bonchev–Trinajstić information content (AvgIpc) is 2.35. The fourth-order valence-corrected chi connectivity index (χ4v) is 5.02. The molecule has 102 valence electrons. The Hall–Kier alpha value is -0.410. The smallest absolute Gasteiger partial charge is 0.141 e. The highest BCUT2D eigenvalue weighted by Crippen LogP contribution is 2.57. The number of ketones is 1. The largest absolute Gasteiger partial charge is 0.393 e. The van der Waals surface area contributed by atoms with Crippen molar-refractivity contribution in [3.05, 3.63) is 0 Å². The Morgan fingerprint density at radius 2 is 1.94 bits per heavy atom. The van der Waals surface area contributed by atoms with Gasteiger partial charge < -0.3 is 9.84 Å². The third-order valence-electron chi connectivity index (χ3n) is 5.68. The lowest BCUT2D eigenvalue weighted by Gasteiger charge is -2.47. The Bertz CT molecular complexity index is 389. The number of aliphatic hydroxyl groups excluding tert-OH is 1. The van der Waals surface area contributed by atoms with E-state index in [2.05, 4.69) is 6.92 Å². The molecule has 3 nitrogen and oxygen atoms in total. The van der Waals surface area contributed by atoms with E-state index in [0.717, 1.165) is 12.8 Å². The Labute approximate surface area is 109 Å². The maximum absolute atomic E-state index is 12.4. The van der Waals surface area contributed by atoms with Gasteiger partial charge >= 0.3 is 0 Å². The fraction of sp³-hybridized carbons (Fsp3) is 0.933. The summed E-state index contributed by atoms with van der Waals surface area (Å²) in [7, 11) is 0. The minimum atomic E-state index is -0.470. The Kier molecular flexibility index (Phi) is 2.50. The zero-order chi connectivity index (χ0) is 13.3. The highest BCUT2D eigenvalue weighted by molar-refractivity contribution is 5.84. The summed E-state index contributed by atoms with van der Waals surface area (Å²) in [5.74, 6) is 1.40. The molecule has 2 saturated carbocycles. The maximum atomic E-state index is 12.4. The molecule has 4 rings (SSSR count). The van der Waals surface area contributed by atoms with Gasteiger partial charge in [0.15, 0.2) is 0 Å². The van der Waals surface area contributed by atoms with Gasteiger partial charge in [0.25, 0.3) is 0 Å². The zero-order valence-electron chi connectivity index (χ0n) is 11.8. The third-order valence-corrected chi connectivity index (χ3v) is 5.68. The summed E-state index contributed by atoms with van der Waals surface area (Å²) in [6, 6.07) is 0. The minimum absolute atomic E-state index is 0.00771. The lowest BCUT2D eigenvalue weighted by Crippen LogP contribution is -2.55. The second-order valence-electron chi connectivity index (χ2n) is 7.42. The molecule has 6 atom stereocenters. The molecule has 2 heterocycles. The van der Waals surface area contributed by atoms with Crippen LogP contribution >= 0.6 is 0 Å². The number of carbonyl (C=O) groups is 1. The molecule has 0 radical (unpaired) electrons. The van der Waals surface area contributed by atoms with Gasteiger partial charge in [-0.25, -0.2) is 0 Å². The second-order valence-corrected chi connectivity index (χ2v) is 7.42. The summed E-state index contributed by atoms with van der Waals surface area (Å²) < 4.78 is 6.31. The number of hydrogen-bond donors (Lipinski definition) is 1. The van der Waals surface area contributed by atoms with Gasteiger partial charge in [0.1, 0.15) is 5.78 Å². The van der Waals surface area contributed by atoms with Crippen LogP contribution in [-0.4, -0.2) is 28.2 Å². The topological polar surface area (TPSA) is 46.5 Å². The third kappa shape index (κ3) is 1.53. The van der Waals surface area contributed by atoms with E-state index in [0.29, 0.717) is 24.0 Å². The van der Waals surface area contributed by atoms with Crippen LogP contribution in [0.1, 0.15) is 47.0 Å². The van der Waals surface area contributed by atoms with E-state index in [4.69, 9.17) is 4.74 Å². The number of rotatable bonds is 0. The van der Waals surface area contributed by atoms with Crippen LogP contribution in [0.4, 0.5) is 0 Å². The molecule has 0 aromatic carbocycles. The van der Waals surface area contributed by atoms with Crippen molar-refractivity contribution >= 4 is 5.78 Å². The van der Waals surface area contributed by atoms with Crippen molar-refractivity contribution in [1.29, 1.82) is 0 Å². The van der Waals surface area contributed by atoms with Crippen molar-refractivity contribution < 1.29 is 14.6 Å². The van der Waals surface area contributed by atoms with E-state index in [-0.39, 0.29) is 23.5 Å². The molecule has 4 aliphatic rings. The summed E-state index contributed by atoms with van der Waals surface area (Å²) in [6.07, 6.45) is 1.92. The first-order chi connectivity index (χ1) is 8.24. The van der Waals surface area contributed by atoms with Gasteiger partial charge in [-0.05, 0) is 45.4 Å². The monoisotopic (exact) mass is 252 g/mol. The van der Waals surface area contributed by atoms with Crippen molar-refractivity contribution in [2.75, 3.05) is 0 Å². The van der Waals surface area contributed by atoms with Gasteiger partial charge in [-0.3, -0.25) is 4.79 Å². The van der Waals surface area contributed by atoms with Crippen molar-refractivity contribution in [1.82, 2.24) is 0 Å². The molecule has 18 heavy (non-hydrogen) atoms. The highest BCUT2D eigenvalue weighted by atomic mass is 16.5. The molecule has 2 aliphatic heterocycles.